The molecule has 1 saturated carbocycles. The number of ether oxygens (including phenoxy) is 3. The molecule has 2 N–H and O–H groups in total. The second-order valence-corrected chi connectivity index (χ2v) is 5.76. The summed E-state index contributed by atoms with van der Waals surface area (Å²) in [5.41, 5.74) is 0. The average Bonchev–Trinajstić information content (AvgIpc) is 2.93. The van der Waals surface area contributed by atoms with Crippen LogP contribution in [-0.2, 0) is 23.8 Å². The molecule has 0 aromatic rings. The molecule has 0 bridgehead atoms. The van der Waals surface area contributed by atoms with Crippen LogP contribution in [0.3, 0.4) is 0 Å². The Morgan fingerprint density at radius 1 is 1.29 bits per heavy atom. The van der Waals surface area contributed by atoms with Gasteiger partial charge in [0.1, 0.15) is 6.61 Å². The summed E-state index contributed by atoms with van der Waals surface area (Å²) < 4.78 is 16.2. The number of rotatable bonds is 10. The second kappa shape index (κ2) is 10.4. The Hall–Kier alpha value is -1.44. The molecular formula is C17H28O7. The van der Waals surface area contributed by atoms with Crippen LogP contribution in [0, 0.1) is 11.8 Å². The van der Waals surface area contributed by atoms with Crippen LogP contribution in [0.5, 0.6) is 0 Å². The molecule has 0 amide bonds. The Balaban J connectivity index is 2.74. The zero-order valence-corrected chi connectivity index (χ0v) is 14.5. The monoisotopic (exact) mass is 344 g/mol. The minimum Gasteiger partial charge on any atom is -0.479 e. The predicted molar refractivity (Wildman–Crippen MR) is 86.2 cm³/mol. The van der Waals surface area contributed by atoms with Crippen molar-refractivity contribution in [2.75, 3.05) is 13.2 Å². The van der Waals surface area contributed by atoms with E-state index in [0.29, 0.717) is 25.9 Å². The summed E-state index contributed by atoms with van der Waals surface area (Å²) in [6, 6.07) is 0. The Bertz CT molecular complexity index is 435. The second-order valence-electron chi connectivity index (χ2n) is 5.76. The van der Waals surface area contributed by atoms with Crippen LogP contribution in [0.2, 0.25) is 0 Å². The summed E-state index contributed by atoms with van der Waals surface area (Å²) >= 11 is 0. The third-order valence-corrected chi connectivity index (χ3v) is 4.12. The Morgan fingerprint density at radius 2 is 2.00 bits per heavy atom. The molecule has 1 aliphatic rings. The lowest BCUT2D eigenvalue weighted by atomic mass is 9.89. The number of esters is 1. The highest BCUT2D eigenvalue weighted by Crippen LogP contribution is 2.38. The van der Waals surface area contributed by atoms with Crippen LogP contribution in [0.25, 0.3) is 0 Å². The number of aliphatic hydroxyl groups is 1. The van der Waals surface area contributed by atoms with Crippen LogP contribution in [0.15, 0.2) is 12.2 Å². The van der Waals surface area contributed by atoms with Crippen molar-refractivity contribution < 1.29 is 34.0 Å². The van der Waals surface area contributed by atoms with Gasteiger partial charge in [-0.2, -0.15) is 0 Å². The van der Waals surface area contributed by atoms with Gasteiger partial charge in [-0.25, -0.2) is 4.79 Å². The van der Waals surface area contributed by atoms with Crippen LogP contribution < -0.4 is 0 Å². The molecule has 0 heterocycles. The summed E-state index contributed by atoms with van der Waals surface area (Å²) in [4.78, 5) is 22.2. The van der Waals surface area contributed by atoms with Crippen molar-refractivity contribution in [2.45, 2.75) is 58.5 Å². The fraction of sp³-hybridized carbons (Fsp3) is 0.765. The van der Waals surface area contributed by atoms with E-state index in [4.69, 9.17) is 19.3 Å². The van der Waals surface area contributed by atoms with E-state index in [2.05, 4.69) is 0 Å². The molecule has 1 rings (SSSR count). The number of aliphatic hydroxyl groups excluding tert-OH is 1. The van der Waals surface area contributed by atoms with Crippen molar-refractivity contribution in [3.8, 4) is 0 Å². The van der Waals surface area contributed by atoms with Crippen molar-refractivity contribution in [2.24, 2.45) is 11.8 Å². The zero-order chi connectivity index (χ0) is 18.1. The molecule has 7 heteroatoms. The van der Waals surface area contributed by atoms with Gasteiger partial charge in [0.15, 0.2) is 12.4 Å². The number of carboxylic acid groups (broad SMARTS) is 1. The highest BCUT2D eigenvalue weighted by atomic mass is 16.7. The number of hydrogen-bond acceptors (Lipinski definition) is 6. The van der Waals surface area contributed by atoms with Crippen LogP contribution >= 0.6 is 0 Å². The van der Waals surface area contributed by atoms with Gasteiger partial charge in [-0.3, -0.25) is 4.79 Å². The molecule has 0 saturated heterocycles. The first-order valence-electron chi connectivity index (χ1n) is 8.40. The molecular weight excluding hydrogens is 316 g/mol. The van der Waals surface area contributed by atoms with E-state index in [-0.39, 0.29) is 24.6 Å². The van der Waals surface area contributed by atoms with Crippen molar-refractivity contribution in [1.82, 2.24) is 0 Å². The summed E-state index contributed by atoms with van der Waals surface area (Å²) in [7, 11) is 0. The maximum absolute atomic E-state index is 11.1. The first-order chi connectivity index (χ1) is 11.4. The number of carbonyl (C=O) groups is 2. The van der Waals surface area contributed by atoms with Gasteiger partial charge in [0.05, 0.1) is 6.10 Å². The van der Waals surface area contributed by atoms with E-state index in [1.807, 2.05) is 6.92 Å². The van der Waals surface area contributed by atoms with Crippen LogP contribution in [0.4, 0.5) is 0 Å². The number of carbonyl (C=O) groups excluding carboxylic acids is 1. The van der Waals surface area contributed by atoms with Crippen LogP contribution in [-0.4, -0.2) is 53.9 Å². The summed E-state index contributed by atoms with van der Waals surface area (Å²) in [5, 5.41) is 19.0. The van der Waals surface area contributed by atoms with Gasteiger partial charge in [0, 0.05) is 24.9 Å². The van der Waals surface area contributed by atoms with Crippen LogP contribution in [0.1, 0.15) is 40.0 Å². The predicted octanol–water partition coefficient (Wildman–Crippen LogP) is 1.74. The molecule has 1 fully saturated rings. The Morgan fingerprint density at radius 3 is 2.58 bits per heavy atom. The third kappa shape index (κ3) is 6.22. The smallest absolute Gasteiger partial charge is 0.332 e. The fourth-order valence-corrected chi connectivity index (χ4v) is 2.97. The highest BCUT2D eigenvalue weighted by molar-refractivity contribution is 5.72. The lowest BCUT2D eigenvalue weighted by Crippen LogP contribution is -2.35. The molecule has 0 aromatic heterocycles. The van der Waals surface area contributed by atoms with Gasteiger partial charge in [-0.05, 0) is 26.7 Å². The van der Waals surface area contributed by atoms with Crippen molar-refractivity contribution in [1.29, 1.82) is 0 Å². The molecule has 0 spiro atoms. The van der Waals surface area contributed by atoms with E-state index >= 15 is 0 Å². The van der Waals surface area contributed by atoms with Crippen molar-refractivity contribution in [3.05, 3.63) is 12.2 Å². The molecule has 24 heavy (non-hydrogen) atoms. The maximum Gasteiger partial charge on any atom is 0.332 e. The highest BCUT2D eigenvalue weighted by Gasteiger charge is 2.42. The number of carboxylic acids is 1. The fourth-order valence-electron chi connectivity index (χ4n) is 2.97. The minimum atomic E-state index is -1.45. The van der Waals surface area contributed by atoms with Gasteiger partial charge in [0.2, 0.25) is 0 Å². The Labute approximate surface area is 142 Å². The van der Waals surface area contributed by atoms with Gasteiger partial charge < -0.3 is 24.4 Å². The lowest BCUT2D eigenvalue weighted by molar-refractivity contribution is -0.166. The third-order valence-electron chi connectivity index (χ3n) is 4.12. The minimum absolute atomic E-state index is 0.118. The first-order valence-corrected chi connectivity index (χ1v) is 8.40. The van der Waals surface area contributed by atoms with E-state index in [9.17, 15) is 14.7 Å². The number of aliphatic carboxylic acids is 1. The van der Waals surface area contributed by atoms with Gasteiger partial charge in [0.25, 0.3) is 0 Å². The van der Waals surface area contributed by atoms with E-state index in [0.717, 1.165) is 0 Å². The molecule has 7 nitrogen and oxygen atoms in total. The van der Waals surface area contributed by atoms with Crippen molar-refractivity contribution >= 4 is 11.9 Å². The van der Waals surface area contributed by atoms with Gasteiger partial charge in [-0.15, -0.1) is 0 Å². The van der Waals surface area contributed by atoms with E-state index in [1.165, 1.54) is 0 Å². The summed E-state index contributed by atoms with van der Waals surface area (Å²) in [6.07, 6.45) is 2.82. The normalized spacial score (nSPS) is 26.4. The maximum atomic E-state index is 11.1. The Kier molecular flexibility index (Phi) is 8.95. The number of hydrogen-bond donors (Lipinski definition) is 2. The molecule has 138 valence electrons. The van der Waals surface area contributed by atoms with E-state index < -0.39 is 24.3 Å². The zero-order valence-electron chi connectivity index (χ0n) is 14.5. The average molecular weight is 344 g/mol. The SMILES string of the molecule is CCOC(C)O[C@@H]1CC[C@@H](C(O)C(=O)O)[C@H]1C=CCOC(=O)CC. The molecule has 0 aromatic carbocycles. The largest absolute Gasteiger partial charge is 0.479 e. The van der Waals surface area contributed by atoms with Gasteiger partial charge >= 0.3 is 11.9 Å². The molecule has 0 aliphatic heterocycles. The summed E-state index contributed by atoms with van der Waals surface area (Å²) in [5.74, 6) is -2.26. The molecule has 1 aliphatic carbocycles. The molecule has 2 unspecified atom stereocenters. The lowest BCUT2D eigenvalue weighted by Gasteiger charge is -2.26. The molecule has 5 atom stereocenters. The summed E-state index contributed by atoms with van der Waals surface area (Å²) in [6.45, 7) is 6.00. The van der Waals surface area contributed by atoms with E-state index in [1.54, 1.807) is 26.0 Å². The topological polar surface area (TPSA) is 102 Å². The first kappa shape index (κ1) is 20.6. The van der Waals surface area contributed by atoms with Gasteiger partial charge in [-0.1, -0.05) is 19.1 Å². The van der Waals surface area contributed by atoms with Crippen molar-refractivity contribution in [3.63, 3.8) is 0 Å². The quantitative estimate of drug-likeness (QED) is 0.353. The molecule has 0 radical (unpaired) electrons. The standard InChI is InChI=1S/C17H28O7/c1-4-15(18)23-10-6-7-12-13(16(19)17(20)21)8-9-14(12)24-11(3)22-5-2/h6-7,11-14,16,19H,4-5,8-10H2,1-3H3,(H,20,21)/t11?,12-,13-,14-,16?/m1/s1.